The third-order valence-corrected chi connectivity index (χ3v) is 2.44. The molecule has 1 atom stereocenters. The van der Waals surface area contributed by atoms with Crippen molar-refractivity contribution in [2.24, 2.45) is 5.92 Å². The lowest BCUT2D eigenvalue weighted by Crippen LogP contribution is -2.41. The van der Waals surface area contributed by atoms with E-state index in [-0.39, 0.29) is 24.5 Å². The van der Waals surface area contributed by atoms with E-state index in [1.165, 1.54) is 0 Å². The first-order valence-corrected chi connectivity index (χ1v) is 5.42. The number of carbonyl (C=O) groups excluding carboxylic acids is 1. The van der Waals surface area contributed by atoms with Gasteiger partial charge in [-0.2, -0.15) is 0 Å². The Morgan fingerprint density at radius 1 is 1.56 bits per heavy atom. The molecular formula is C12H18N2O2. The Balaban J connectivity index is 2.47. The van der Waals surface area contributed by atoms with E-state index in [4.69, 9.17) is 5.11 Å². The minimum Gasteiger partial charge on any atom is -0.394 e. The highest BCUT2D eigenvalue weighted by molar-refractivity contribution is 5.78. The molecule has 0 aliphatic heterocycles. The summed E-state index contributed by atoms with van der Waals surface area (Å²) in [6, 6.07) is 3.48. The SMILES string of the molecule is CC(C)C(CO)NC(=O)Cc1cccnc1. The molecule has 0 aliphatic rings. The van der Waals surface area contributed by atoms with E-state index < -0.39 is 0 Å². The molecule has 1 heterocycles. The maximum atomic E-state index is 11.6. The number of rotatable bonds is 5. The summed E-state index contributed by atoms with van der Waals surface area (Å²) in [5, 5.41) is 11.9. The number of aliphatic hydroxyl groups excluding tert-OH is 1. The molecule has 0 aromatic carbocycles. The second-order valence-corrected chi connectivity index (χ2v) is 4.14. The number of hydrogen-bond donors (Lipinski definition) is 2. The van der Waals surface area contributed by atoms with Gasteiger partial charge in [0.2, 0.25) is 5.91 Å². The molecule has 0 aliphatic carbocycles. The lowest BCUT2D eigenvalue weighted by atomic mass is 10.1. The van der Waals surface area contributed by atoms with E-state index in [0.717, 1.165) is 5.56 Å². The number of nitrogens with zero attached hydrogens (tertiary/aromatic N) is 1. The van der Waals surface area contributed by atoms with Gasteiger partial charge < -0.3 is 10.4 Å². The smallest absolute Gasteiger partial charge is 0.224 e. The third-order valence-electron chi connectivity index (χ3n) is 2.44. The molecule has 0 saturated carbocycles. The number of carbonyl (C=O) groups is 1. The molecule has 2 N–H and O–H groups in total. The van der Waals surface area contributed by atoms with Crippen LogP contribution in [0.25, 0.3) is 0 Å². The van der Waals surface area contributed by atoms with Gasteiger partial charge in [-0.3, -0.25) is 9.78 Å². The van der Waals surface area contributed by atoms with Gasteiger partial charge in [-0.15, -0.1) is 0 Å². The summed E-state index contributed by atoms with van der Waals surface area (Å²) in [6.07, 6.45) is 3.64. The van der Waals surface area contributed by atoms with Crippen LogP contribution in [-0.4, -0.2) is 28.6 Å². The van der Waals surface area contributed by atoms with Crippen molar-refractivity contribution < 1.29 is 9.90 Å². The zero-order valence-corrected chi connectivity index (χ0v) is 9.68. The minimum atomic E-state index is -0.177. The summed E-state index contributed by atoms with van der Waals surface area (Å²) >= 11 is 0. The van der Waals surface area contributed by atoms with Crippen molar-refractivity contribution in [2.45, 2.75) is 26.3 Å². The first kappa shape index (κ1) is 12.6. The predicted octanol–water partition coefficient (Wildman–Crippen LogP) is 0.757. The van der Waals surface area contributed by atoms with E-state index in [1.807, 2.05) is 19.9 Å². The Kier molecular flexibility index (Phi) is 4.92. The molecule has 0 fully saturated rings. The molecule has 0 saturated heterocycles. The summed E-state index contributed by atoms with van der Waals surface area (Å²) in [7, 11) is 0. The van der Waals surface area contributed by atoms with Crippen molar-refractivity contribution >= 4 is 5.91 Å². The van der Waals surface area contributed by atoms with Crippen molar-refractivity contribution in [3.63, 3.8) is 0 Å². The first-order valence-electron chi connectivity index (χ1n) is 5.42. The first-order chi connectivity index (χ1) is 7.63. The summed E-state index contributed by atoms with van der Waals surface area (Å²) < 4.78 is 0. The number of pyridine rings is 1. The lowest BCUT2D eigenvalue weighted by Gasteiger charge is -2.19. The summed E-state index contributed by atoms with van der Waals surface area (Å²) in [4.78, 5) is 15.6. The molecule has 0 radical (unpaired) electrons. The van der Waals surface area contributed by atoms with Gasteiger partial charge in [-0.25, -0.2) is 0 Å². The van der Waals surface area contributed by atoms with Crippen LogP contribution in [0.1, 0.15) is 19.4 Å². The van der Waals surface area contributed by atoms with Crippen molar-refractivity contribution in [1.82, 2.24) is 10.3 Å². The zero-order valence-electron chi connectivity index (χ0n) is 9.68. The standard InChI is InChI=1S/C12H18N2O2/c1-9(2)11(8-15)14-12(16)6-10-4-3-5-13-7-10/h3-5,7,9,11,15H,6,8H2,1-2H3,(H,14,16). The fraction of sp³-hybridized carbons (Fsp3) is 0.500. The third kappa shape index (κ3) is 3.98. The highest BCUT2D eigenvalue weighted by Crippen LogP contribution is 2.02. The molecular weight excluding hydrogens is 204 g/mol. The van der Waals surface area contributed by atoms with Crippen LogP contribution in [-0.2, 0) is 11.2 Å². The van der Waals surface area contributed by atoms with Crippen LogP contribution < -0.4 is 5.32 Å². The predicted molar refractivity (Wildman–Crippen MR) is 61.8 cm³/mol. The monoisotopic (exact) mass is 222 g/mol. The van der Waals surface area contributed by atoms with Gasteiger partial charge >= 0.3 is 0 Å². The normalized spacial score (nSPS) is 12.5. The van der Waals surface area contributed by atoms with Gasteiger partial charge in [0.1, 0.15) is 0 Å². The Morgan fingerprint density at radius 2 is 2.31 bits per heavy atom. The van der Waals surface area contributed by atoms with Crippen molar-refractivity contribution in [1.29, 1.82) is 0 Å². The molecule has 1 rings (SSSR count). The molecule has 1 unspecified atom stereocenters. The topological polar surface area (TPSA) is 62.2 Å². The van der Waals surface area contributed by atoms with Crippen LogP contribution in [0.15, 0.2) is 24.5 Å². The largest absolute Gasteiger partial charge is 0.394 e. The number of amides is 1. The summed E-state index contributed by atoms with van der Waals surface area (Å²) in [5.41, 5.74) is 0.875. The van der Waals surface area contributed by atoms with Gasteiger partial charge in [0.05, 0.1) is 19.1 Å². The fourth-order valence-electron chi connectivity index (χ4n) is 1.37. The molecule has 1 aromatic heterocycles. The zero-order chi connectivity index (χ0) is 12.0. The van der Waals surface area contributed by atoms with Gasteiger partial charge in [-0.05, 0) is 17.5 Å². The van der Waals surface area contributed by atoms with E-state index in [2.05, 4.69) is 10.3 Å². The highest BCUT2D eigenvalue weighted by Gasteiger charge is 2.14. The molecule has 0 spiro atoms. The second-order valence-electron chi connectivity index (χ2n) is 4.14. The van der Waals surface area contributed by atoms with Gasteiger partial charge in [0.25, 0.3) is 0 Å². The quantitative estimate of drug-likeness (QED) is 0.773. The van der Waals surface area contributed by atoms with Crippen LogP contribution in [0.3, 0.4) is 0 Å². The van der Waals surface area contributed by atoms with Crippen LogP contribution in [0.5, 0.6) is 0 Å². The fourth-order valence-corrected chi connectivity index (χ4v) is 1.37. The average Bonchev–Trinajstić information content (AvgIpc) is 2.27. The van der Waals surface area contributed by atoms with Gasteiger partial charge in [0.15, 0.2) is 0 Å². The lowest BCUT2D eigenvalue weighted by molar-refractivity contribution is -0.121. The van der Waals surface area contributed by atoms with Crippen molar-refractivity contribution in [3.05, 3.63) is 30.1 Å². The molecule has 1 amide bonds. The molecule has 16 heavy (non-hydrogen) atoms. The molecule has 1 aromatic rings. The molecule has 4 nitrogen and oxygen atoms in total. The molecule has 4 heteroatoms. The molecule has 0 bridgehead atoms. The van der Waals surface area contributed by atoms with Crippen LogP contribution in [0.4, 0.5) is 0 Å². The van der Waals surface area contributed by atoms with E-state index in [1.54, 1.807) is 18.5 Å². The van der Waals surface area contributed by atoms with Crippen molar-refractivity contribution in [2.75, 3.05) is 6.61 Å². The maximum Gasteiger partial charge on any atom is 0.224 e. The molecule has 88 valence electrons. The van der Waals surface area contributed by atoms with E-state index >= 15 is 0 Å². The number of aromatic nitrogens is 1. The average molecular weight is 222 g/mol. The summed E-state index contributed by atoms with van der Waals surface area (Å²) in [6.45, 7) is 3.90. The number of aliphatic hydroxyl groups is 1. The van der Waals surface area contributed by atoms with Crippen LogP contribution in [0, 0.1) is 5.92 Å². The minimum absolute atomic E-state index is 0.0313. The number of nitrogens with one attached hydrogen (secondary N) is 1. The van der Waals surface area contributed by atoms with E-state index in [9.17, 15) is 4.79 Å². The van der Waals surface area contributed by atoms with Crippen molar-refractivity contribution in [3.8, 4) is 0 Å². The Bertz CT molecular complexity index is 325. The van der Waals surface area contributed by atoms with Crippen LogP contribution in [0.2, 0.25) is 0 Å². The second kappa shape index (κ2) is 6.23. The van der Waals surface area contributed by atoms with E-state index in [0.29, 0.717) is 6.42 Å². The number of hydrogen-bond acceptors (Lipinski definition) is 3. The van der Waals surface area contributed by atoms with Gasteiger partial charge in [-0.1, -0.05) is 19.9 Å². The Labute approximate surface area is 95.7 Å². The van der Waals surface area contributed by atoms with Crippen LogP contribution >= 0.6 is 0 Å². The summed E-state index contributed by atoms with van der Waals surface area (Å²) in [5.74, 6) is 0.142. The Morgan fingerprint density at radius 3 is 2.81 bits per heavy atom. The highest BCUT2D eigenvalue weighted by atomic mass is 16.3. The maximum absolute atomic E-state index is 11.6. The Hall–Kier alpha value is -1.42. The van der Waals surface area contributed by atoms with Gasteiger partial charge in [0, 0.05) is 12.4 Å².